The standard InChI is InChI=1S/C25H28N6O3S/c32-24(31-11-3-5-19(17-31)25(33)20-6-4-16-35-20)18-34-23-9-8-22(27-28-23)30-14-12-29(13-15-30)21-7-1-2-10-26-21/h1-2,4,6-10,16,19H,3,5,11-15,17-18H2/t19-/m1/s1. The highest BCUT2D eigenvalue weighted by Crippen LogP contribution is 2.24. The van der Waals surface area contributed by atoms with E-state index < -0.39 is 0 Å². The lowest BCUT2D eigenvalue weighted by molar-refractivity contribution is -0.134. The van der Waals surface area contributed by atoms with Gasteiger partial charge in [-0.05, 0) is 42.5 Å². The summed E-state index contributed by atoms with van der Waals surface area (Å²) in [4.78, 5) is 36.7. The molecule has 5 rings (SSSR count). The summed E-state index contributed by atoms with van der Waals surface area (Å²) < 4.78 is 5.62. The third-order valence-electron chi connectivity index (χ3n) is 6.46. The number of ketones is 1. The molecule has 2 aliphatic heterocycles. The van der Waals surface area contributed by atoms with Crippen LogP contribution in [-0.4, -0.2) is 77.6 Å². The lowest BCUT2D eigenvalue weighted by Crippen LogP contribution is -2.47. The summed E-state index contributed by atoms with van der Waals surface area (Å²) in [5.74, 6) is 1.94. The van der Waals surface area contributed by atoms with E-state index in [9.17, 15) is 9.59 Å². The average Bonchev–Trinajstić information content (AvgIpc) is 3.47. The summed E-state index contributed by atoms with van der Waals surface area (Å²) in [6.07, 6.45) is 3.44. The molecule has 0 aliphatic carbocycles. The predicted octanol–water partition coefficient (Wildman–Crippen LogP) is 2.76. The maximum atomic E-state index is 12.7. The minimum Gasteiger partial charge on any atom is -0.466 e. The van der Waals surface area contributed by atoms with Crippen LogP contribution in [-0.2, 0) is 4.79 Å². The Labute approximate surface area is 208 Å². The number of likely N-dealkylation sites (tertiary alicyclic amines) is 1. The Morgan fingerprint density at radius 3 is 2.46 bits per heavy atom. The fourth-order valence-corrected chi connectivity index (χ4v) is 5.27. The molecule has 5 heterocycles. The van der Waals surface area contributed by atoms with Crippen molar-refractivity contribution in [1.82, 2.24) is 20.1 Å². The third-order valence-corrected chi connectivity index (χ3v) is 7.34. The van der Waals surface area contributed by atoms with Gasteiger partial charge in [-0.1, -0.05) is 12.1 Å². The molecule has 0 bridgehead atoms. The molecule has 10 heteroatoms. The van der Waals surface area contributed by atoms with E-state index in [4.69, 9.17) is 4.74 Å². The van der Waals surface area contributed by atoms with Crippen LogP contribution in [0.3, 0.4) is 0 Å². The number of piperidine rings is 1. The van der Waals surface area contributed by atoms with Crippen molar-refractivity contribution >= 4 is 34.7 Å². The number of piperazine rings is 1. The Balaban J connectivity index is 1.09. The van der Waals surface area contributed by atoms with Gasteiger partial charge in [-0.2, -0.15) is 0 Å². The fraction of sp³-hybridized carbons (Fsp3) is 0.400. The van der Waals surface area contributed by atoms with Crippen molar-refractivity contribution in [2.45, 2.75) is 12.8 Å². The molecule has 9 nitrogen and oxygen atoms in total. The molecule has 3 aromatic rings. The summed E-state index contributed by atoms with van der Waals surface area (Å²) in [6, 6.07) is 13.3. The molecule has 0 spiro atoms. The Kier molecular flexibility index (Phi) is 7.17. The first-order valence-electron chi connectivity index (χ1n) is 11.9. The molecule has 2 saturated heterocycles. The number of thiophene rings is 1. The number of anilines is 2. The number of aromatic nitrogens is 3. The molecule has 1 amide bonds. The van der Waals surface area contributed by atoms with E-state index in [-0.39, 0.29) is 24.2 Å². The Morgan fingerprint density at radius 1 is 0.943 bits per heavy atom. The molecule has 182 valence electrons. The van der Waals surface area contributed by atoms with E-state index in [1.807, 2.05) is 48.0 Å². The van der Waals surface area contributed by atoms with Crippen molar-refractivity contribution in [3.05, 3.63) is 58.9 Å². The Bertz CT molecular complexity index is 1120. The number of Topliss-reactive ketones (excluding diaryl/α,β-unsaturated/α-hetero) is 1. The molecule has 1 atom stereocenters. The van der Waals surface area contributed by atoms with Gasteiger partial charge in [0.05, 0.1) is 4.88 Å². The molecule has 3 aromatic heterocycles. The molecular weight excluding hydrogens is 464 g/mol. The highest BCUT2D eigenvalue weighted by Gasteiger charge is 2.29. The normalized spacial score (nSPS) is 18.4. The zero-order valence-electron chi connectivity index (χ0n) is 19.5. The molecule has 0 aromatic carbocycles. The molecule has 0 saturated carbocycles. The second-order valence-electron chi connectivity index (χ2n) is 8.70. The highest BCUT2D eigenvalue weighted by atomic mass is 32.1. The van der Waals surface area contributed by atoms with Gasteiger partial charge in [-0.25, -0.2) is 4.98 Å². The summed E-state index contributed by atoms with van der Waals surface area (Å²) in [7, 11) is 0. The van der Waals surface area contributed by atoms with Gasteiger partial charge in [0.1, 0.15) is 5.82 Å². The monoisotopic (exact) mass is 492 g/mol. The number of amides is 1. The zero-order valence-corrected chi connectivity index (χ0v) is 20.3. The van der Waals surface area contributed by atoms with Crippen molar-refractivity contribution in [1.29, 1.82) is 0 Å². The number of rotatable bonds is 7. The predicted molar refractivity (Wildman–Crippen MR) is 134 cm³/mol. The highest BCUT2D eigenvalue weighted by molar-refractivity contribution is 7.12. The van der Waals surface area contributed by atoms with E-state index in [1.165, 1.54) is 11.3 Å². The van der Waals surface area contributed by atoms with Crippen LogP contribution in [0.5, 0.6) is 5.88 Å². The number of nitrogens with zero attached hydrogens (tertiary/aromatic N) is 6. The second-order valence-corrected chi connectivity index (χ2v) is 9.65. The maximum absolute atomic E-state index is 12.7. The topological polar surface area (TPSA) is 91.8 Å². The van der Waals surface area contributed by atoms with Gasteiger partial charge in [-0.15, -0.1) is 21.5 Å². The molecule has 0 N–H and O–H groups in total. The first-order valence-corrected chi connectivity index (χ1v) is 12.8. The molecule has 0 radical (unpaired) electrons. The minimum atomic E-state index is -0.149. The van der Waals surface area contributed by atoms with Crippen molar-refractivity contribution in [2.75, 3.05) is 55.7 Å². The van der Waals surface area contributed by atoms with Gasteiger partial charge in [0.2, 0.25) is 5.88 Å². The van der Waals surface area contributed by atoms with Gasteiger partial charge >= 0.3 is 0 Å². The van der Waals surface area contributed by atoms with Crippen LogP contribution in [0.1, 0.15) is 22.5 Å². The van der Waals surface area contributed by atoms with E-state index in [2.05, 4.69) is 25.0 Å². The molecule has 0 unspecified atom stereocenters. The molecule has 2 fully saturated rings. The van der Waals surface area contributed by atoms with Gasteiger partial charge in [0.15, 0.2) is 18.2 Å². The maximum Gasteiger partial charge on any atom is 0.260 e. The van der Waals surface area contributed by atoms with E-state index in [1.54, 1.807) is 11.0 Å². The number of carbonyl (C=O) groups excluding carboxylic acids is 2. The lowest BCUT2D eigenvalue weighted by atomic mass is 9.93. The number of hydrogen-bond donors (Lipinski definition) is 0. The van der Waals surface area contributed by atoms with E-state index >= 15 is 0 Å². The molecular formula is C25H28N6O3S. The van der Waals surface area contributed by atoms with Crippen LogP contribution in [0.2, 0.25) is 0 Å². The van der Waals surface area contributed by atoms with Gasteiger partial charge in [0.25, 0.3) is 5.91 Å². The lowest BCUT2D eigenvalue weighted by Gasteiger charge is -2.35. The van der Waals surface area contributed by atoms with E-state index in [0.29, 0.717) is 19.0 Å². The second kappa shape index (κ2) is 10.8. The third kappa shape index (κ3) is 5.59. The summed E-state index contributed by atoms with van der Waals surface area (Å²) >= 11 is 1.45. The summed E-state index contributed by atoms with van der Waals surface area (Å²) in [5.41, 5.74) is 0. The summed E-state index contributed by atoms with van der Waals surface area (Å²) in [6.45, 7) is 4.33. The van der Waals surface area contributed by atoms with Crippen LogP contribution >= 0.6 is 11.3 Å². The number of hydrogen-bond acceptors (Lipinski definition) is 9. The van der Waals surface area contributed by atoms with Gasteiger partial charge in [-0.3, -0.25) is 9.59 Å². The van der Waals surface area contributed by atoms with Crippen molar-refractivity contribution in [3.8, 4) is 5.88 Å². The van der Waals surface area contributed by atoms with Crippen LogP contribution in [0.15, 0.2) is 54.0 Å². The largest absolute Gasteiger partial charge is 0.466 e. The van der Waals surface area contributed by atoms with Gasteiger partial charge < -0.3 is 19.4 Å². The Morgan fingerprint density at radius 2 is 1.77 bits per heavy atom. The fourth-order valence-electron chi connectivity index (χ4n) is 4.53. The van der Waals surface area contributed by atoms with Crippen LogP contribution in [0.25, 0.3) is 0 Å². The number of ether oxygens (including phenoxy) is 1. The smallest absolute Gasteiger partial charge is 0.260 e. The molecule has 2 aliphatic rings. The SMILES string of the molecule is O=C(c1cccs1)[C@@H]1CCCN(C(=O)COc2ccc(N3CCN(c4ccccn4)CC3)nn2)C1. The first-order chi connectivity index (χ1) is 17.2. The van der Waals surface area contributed by atoms with Crippen molar-refractivity contribution < 1.29 is 14.3 Å². The van der Waals surface area contributed by atoms with Crippen LogP contribution in [0.4, 0.5) is 11.6 Å². The van der Waals surface area contributed by atoms with Crippen molar-refractivity contribution in [2.24, 2.45) is 5.92 Å². The summed E-state index contributed by atoms with van der Waals surface area (Å²) in [5, 5.41) is 10.4. The Hall–Kier alpha value is -3.53. The van der Waals surface area contributed by atoms with Crippen molar-refractivity contribution in [3.63, 3.8) is 0 Å². The van der Waals surface area contributed by atoms with Crippen LogP contribution < -0.4 is 14.5 Å². The van der Waals surface area contributed by atoms with Crippen LogP contribution in [0, 0.1) is 5.92 Å². The number of pyridine rings is 1. The van der Waals surface area contributed by atoms with Gasteiger partial charge in [0, 0.05) is 57.4 Å². The quantitative estimate of drug-likeness (QED) is 0.465. The first kappa shape index (κ1) is 23.2. The van der Waals surface area contributed by atoms with E-state index in [0.717, 1.165) is 55.5 Å². The average molecular weight is 493 g/mol. The number of carbonyl (C=O) groups is 2. The zero-order chi connectivity index (χ0) is 24.0. The molecule has 35 heavy (non-hydrogen) atoms. The minimum absolute atomic E-state index is 0.114.